The standard InChI is InChI=1S/C26H25ClFN3O2S/c1-26(2)11-18-21(19(32)12-26)20(14-7-4-3-5-8-14)22-23(29-18)30-25(31-24(22)33)34-13-15-16(27)9-6-10-17(15)28/h3-10,18,20-21H,11-13H2,1-2H3,(H2,29,30,31,33). The first-order valence-corrected chi connectivity index (χ1v) is 12.6. The van der Waals surface area contributed by atoms with Gasteiger partial charge in [0.05, 0.1) is 5.56 Å². The number of ketones is 1. The molecule has 2 N–H and O–H groups in total. The van der Waals surface area contributed by atoms with E-state index in [0.29, 0.717) is 33.5 Å². The summed E-state index contributed by atoms with van der Waals surface area (Å²) < 4.78 is 14.2. The molecule has 34 heavy (non-hydrogen) atoms. The first-order chi connectivity index (χ1) is 16.2. The van der Waals surface area contributed by atoms with Crippen molar-refractivity contribution in [3.8, 4) is 0 Å². The van der Waals surface area contributed by atoms with E-state index in [1.165, 1.54) is 17.8 Å². The number of rotatable bonds is 4. The Morgan fingerprint density at radius 1 is 1.15 bits per heavy atom. The van der Waals surface area contributed by atoms with Gasteiger partial charge in [0.25, 0.3) is 5.56 Å². The van der Waals surface area contributed by atoms with Crippen LogP contribution in [0.15, 0.2) is 58.5 Å². The molecule has 5 nitrogen and oxygen atoms in total. The first-order valence-electron chi connectivity index (χ1n) is 11.3. The van der Waals surface area contributed by atoms with Crippen LogP contribution in [0.5, 0.6) is 0 Å². The van der Waals surface area contributed by atoms with Crippen LogP contribution in [0.4, 0.5) is 10.2 Å². The van der Waals surface area contributed by atoms with Crippen LogP contribution in [0.3, 0.4) is 0 Å². The molecule has 0 bridgehead atoms. The maximum absolute atomic E-state index is 14.2. The van der Waals surface area contributed by atoms with Gasteiger partial charge in [-0.2, -0.15) is 0 Å². The van der Waals surface area contributed by atoms with Gasteiger partial charge in [-0.05, 0) is 29.5 Å². The Morgan fingerprint density at radius 3 is 2.65 bits per heavy atom. The summed E-state index contributed by atoms with van der Waals surface area (Å²) in [6.45, 7) is 4.20. The van der Waals surface area contributed by atoms with Gasteiger partial charge in [-0.25, -0.2) is 9.37 Å². The number of aromatic nitrogens is 2. The quantitative estimate of drug-likeness (QED) is 0.352. The Morgan fingerprint density at radius 2 is 1.91 bits per heavy atom. The Bertz CT molecular complexity index is 1290. The Hall–Kier alpha value is -2.64. The fourth-order valence-corrected chi connectivity index (χ4v) is 6.50. The average molecular weight is 498 g/mol. The second-order valence-corrected chi connectivity index (χ2v) is 11.2. The summed E-state index contributed by atoms with van der Waals surface area (Å²) in [5, 5.41) is 4.13. The monoisotopic (exact) mass is 497 g/mol. The third kappa shape index (κ3) is 4.27. The Balaban J connectivity index is 1.55. The van der Waals surface area contributed by atoms with Crippen molar-refractivity contribution < 1.29 is 9.18 Å². The van der Waals surface area contributed by atoms with E-state index in [0.717, 1.165) is 12.0 Å². The molecule has 1 aromatic heterocycles. The summed E-state index contributed by atoms with van der Waals surface area (Å²) in [5.74, 6) is -0.212. The summed E-state index contributed by atoms with van der Waals surface area (Å²) in [5.41, 5.74) is 1.35. The van der Waals surface area contributed by atoms with Crippen LogP contribution >= 0.6 is 23.4 Å². The SMILES string of the molecule is CC1(C)CC(=O)C2C(C1)Nc1nc(SCc3c(F)cccc3Cl)[nH]c(=O)c1C2c1ccccc1. The number of hydrogen-bond acceptors (Lipinski definition) is 5. The van der Waals surface area contributed by atoms with E-state index in [2.05, 4.69) is 24.1 Å². The fraction of sp³-hybridized carbons (Fsp3) is 0.346. The molecule has 3 unspecified atom stereocenters. The van der Waals surface area contributed by atoms with Gasteiger partial charge in [-0.15, -0.1) is 0 Å². The van der Waals surface area contributed by atoms with Crippen LogP contribution in [0.25, 0.3) is 0 Å². The summed E-state index contributed by atoms with van der Waals surface area (Å²) >= 11 is 7.37. The Labute approximate surface area is 206 Å². The number of anilines is 1. The smallest absolute Gasteiger partial charge is 0.257 e. The van der Waals surface area contributed by atoms with E-state index in [1.807, 2.05) is 30.3 Å². The zero-order chi connectivity index (χ0) is 24.0. The van der Waals surface area contributed by atoms with Crippen molar-refractivity contribution in [2.75, 3.05) is 5.32 Å². The summed E-state index contributed by atoms with van der Waals surface area (Å²) in [6.07, 6.45) is 1.28. The van der Waals surface area contributed by atoms with Gasteiger partial charge in [0.2, 0.25) is 0 Å². The number of hydrogen-bond donors (Lipinski definition) is 2. The number of carbonyl (C=O) groups is 1. The lowest BCUT2D eigenvalue weighted by Gasteiger charge is -2.46. The first kappa shape index (κ1) is 23.1. The molecule has 3 aromatic rings. The maximum Gasteiger partial charge on any atom is 0.257 e. The largest absolute Gasteiger partial charge is 0.366 e. The maximum atomic E-state index is 14.2. The number of carbonyl (C=O) groups excluding carboxylic acids is 1. The summed E-state index contributed by atoms with van der Waals surface area (Å²) in [6, 6.07) is 14.1. The van der Waals surface area contributed by atoms with E-state index >= 15 is 0 Å². The van der Waals surface area contributed by atoms with Crippen molar-refractivity contribution in [2.24, 2.45) is 11.3 Å². The molecular weight excluding hydrogens is 473 g/mol. The van der Waals surface area contributed by atoms with E-state index in [1.54, 1.807) is 12.1 Å². The lowest BCUT2D eigenvalue weighted by molar-refractivity contribution is -0.129. The normalized spacial score (nSPS) is 23.1. The third-order valence-corrected chi connectivity index (χ3v) is 7.98. The minimum absolute atomic E-state index is 0.123. The third-order valence-electron chi connectivity index (χ3n) is 6.73. The van der Waals surface area contributed by atoms with Crippen LogP contribution in [-0.4, -0.2) is 21.8 Å². The van der Waals surface area contributed by atoms with Gasteiger partial charge in [0.1, 0.15) is 17.4 Å². The molecule has 2 aromatic carbocycles. The molecule has 1 fully saturated rings. The van der Waals surface area contributed by atoms with Gasteiger partial charge in [0.15, 0.2) is 5.16 Å². The molecule has 1 aliphatic heterocycles. The van der Waals surface area contributed by atoms with Gasteiger partial charge < -0.3 is 10.3 Å². The van der Waals surface area contributed by atoms with E-state index in [9.17, 15) is 14.0 Å². The highest BCUT2D eigenvalue weighted by molar-refractivity contribution is 7.98. The predicted octanol–water partition coefficient (Wildman–Crippen LogP) is 5.79. The van der Waals surface area contributed by atoms with E-state index < -0.39 is 5.82 Å². The highest BCUT2D eigenvalue weighted by atomic mass is 35.5. The molecular formula is C26H25ClFN3O2S. The molecule has 1 saturated carbocycles. The number of nitrogens with zero attached hydrogens (tertiary/aromatic N) is 1. The molecule has 2 aliphatic rings. The van der Waals surface area contributed by atoms with Crippen molar-refractivity contribution in [3.05, 3.63) is 86.4 Å². The number of Topliss-reactive ketones (excluding diaryl/α,β-unsaturated/α-hetero) is 1. The molecule has 0 radical (unpaired) electrons. The molecule has 3 atom stereocenters. The van der Waals surface area contributed by atoms with Gasteiger partial charge in [-0.3, -0.25) is 9.59 Å². The molecule has 0 spiro atoms. The predicted molar refractivity (Wildman–Crippen MR) is 133 cm³/mol. The second kappa shape index (κ2) is 8.86. The molecule has 1 aliphatic carbocycles. The number of thioether (sulfide) groups is 1. The van der Waals surface area contributed by atoms with Crippen LogP contribution in [0.1, 0.15) is 49.3 Å². The van der Waals surface area contributed by atoms with Gasteiger partial charge in [0, 0.05) is 40.6 Å². The molecule has 0 saturated heterocycles. The molecule has 5 rings (SSSR count). The highest BCUT2D eigenvalue weighted by Gasteiger charge is 2.49. The van der Waals surface area contributed by atoms with Gasteiger partial charge in [-0.1, -0.05) is 73.6 Å². The number of aromatic amines is 1. The van der Waals surface area contributed by atoms with Crippen molar-refractivity contribution in [1.82, 2.24) is 9.97 Å². The van der Waals surface area contributed by atoms with Crippen molar-refractivity contribution in [3.63, 3.8) is 0 Å². The fourth-order valence-electron chi connectivity index (χ4n) is 5.30. The van der Waals surface area contributed by atoms with Crippen molar-refractivity contribution in [1.29, 1.82) is 0 Å². The summed E-state index contributed by atoms with van der Waals surface area (Å²) in [7, 11) is 0. The highest BCUT2D eigenvalue weighted by Crippen LogP contribution is 2.48. The van der Waals surface area contributed by atoms with Gasteiger partial charge >= 0.3 is 0 Å². The van der Waals surface area contributed by atoms with Crippen LogP contribution in [0.2, 0.25) is 5.02 Å². The summed E-state index contributed by atoms with van der Waals surface area (Å²) in [4.78, 5) is 34.2. The molecule has 176 valence electrons. The number of nitrogens with one attached hydrogen (secondary N) is 2. The number of benzene rings is 2. The molecule has 2 heterocycles. The zero-order valence-corrected chi connectivity index (χ0v) is 20.5. The molecule has 8 heteroatoms. The number of H-pyrrole nitrogens is 1. The zero-order valence-electron chi connectivity index (χ0n) is 18.9. The van der Waals surface area contributed by atoms with Crippen molar-refractivity contribution >= 4 is 35.0 Å². The van der Waals surface area contributed by atoms with Crippen molar-refractivity contribution in [2.45, 2.75) is 49.6 Å². The topological polar surface area (TPSA) is 74.8 Å². The number of fused-ring (bicyclic) bond motifs is 2. The Kier molecular flexibility index (Phi) is 6.02. The lowest BCUT2D eigenvalue weighted by Crippen LogP contribution is -2.51. The van der Waals surface area contributed by atoms with E-state index in [4.69, 9.17) is 16.6 Å². The average Bonchev–Trinajstić information content (AvgIpc) is 2.77. The van der Waals surface area contributed by atoms with Crippen LogP contribution in [0, 0.1) is 17.2 Å². The minimum atomic E-state index is -0.395. The molecule has 0 amide bonds. The van der Waals surface area contributed by atoms with E-state index in [-0.39, 0.29) is 40.4 Å². The minimum Gasteiger partial charge on any atom is -0.366 e. The number of halogens is 2. The second-order valence-electron chi connectivity index (χ2n) is 9.80. The van der Waals surface area contributed by atoms with Crippen LogP contribution < -0.4 is 10.9 Å². The lowest BCUT2D eigenvalue weighted by atomic mass is 9.62. The van der Waals surface area contributed by atoms with Crippen LogP contribution in [-0.2, 0) is 10.5 Å².